The van der Waals surface area contributed by atoms with E-state index < -0.39 is 11.9 Å². The minimum atomic E-state index is -0.533. The molecular weight excluding hydrogens is 447 g/mol. The molecule has 0 aliphatic heterocycles. The van der Waals surface area contributed by atoms with E-state index in [0.717, 1.165) is 10.8 Å². The molecule has 32 heavy (non-hydrogen) atoms. The zero-order valence-corrected chi connectivity index (χ0v) is 18.1. The number of hydrogen-bond donors (Lipinski definition) is 1. The van der Waals surface area contributed by atoms with Crippen molar-refractivity contribution in [1.29, 1.82) is 0 Å². The molecule has 158 valence electrons. The van der Waals surface area contributed by atoms with Gasteiger partial charge in [-0.1, -0.05) is 59.6 Å². The van der Waals surface area contributed by atoms with Crippen LogP contribution in [0.2, 0.25) is 10.0 Å². The van der Waals surface area contributed by atoms with Gasteiger partial charge >= 0.3 is 5.97 Å². The summed E-state index contributed by atoms with van der Waals surface area (Å²) in [6.45, 7) is 0. The van der Waals surface area contributed by atoms with Crippen LogP contribution in [0.4, 0.5) is 0 Å². The molecule has 0 aromatic heterocycles. The average molecular weight is 463 g/mol. The Labute approximate surface area is 194 Å². The Morgan fingerprint density at radius 1 is 0.812 bits per heavy atom. The monoisotopic (exact) mass is 462 g/mol. The van der Waals surface area contributed by atoms with Gasteiger partial charge in [0.25, 0.3) is 5.91 Å². The van der Waals surface area contributed by atoms with E-state index in [9.17, 15) is 9.59 Å². The lowest BCUT2D eigenvalue weighted by Crippen LogP contribution is -2.17. The standard InChI is InChI=1S/C25H16Cl2N2O3/c26-19-11-8-17(9-12-19)25(31)32-23-13-10-16-4-1-2-7-21(16)22(23)15-28-29-24(30)18-5-3-6-20(27)14-18/h1-15H,(H,29,30)/b28-15-. The second kappa shape index (κ2) is 9.64. The van der Waals surface area contributed by atoms with E-state index in [0.29, 0.717) is 32.5 Å². The van der Waals surface area contributed by atoms with E-state index in [2.05, 4.69) is 10.5 Å². The normalized spacial score (nSPS) is 10.9. The molecule has 1 N–H and O–H groups in total. The molecule has 4 rings (SSSR count). The molecule has 0 saturated carbocycles. The quantitative estimate of drug-likeness (QED) is 0.168. The molecule has 7 heteroatoms. The van der Waals surface area contributed by atoms with Crippen LogP contribution in [-0.4, -0.2) is 18.1 Å². The highest BCUT2D eigenvalue weighted by Gasteiger charge is 2.14. The molecular formula is C25H16Cl2N2O3. The Balaban J connectivity index is 1.62. The summed E-state index contributed by atoms with van der Waals surface area (Å²) in [5, 5.41) is 6.79. The zero-order valence-electron chi connectivity index (χ0n) is 16.6. The van der Waals surface area contributed by atoms with Crippen molar-refractivity contribution in [2.75, 3.05) is 0 Å². The number of carbonyl (C=O) groups is 2. The lowest BCUT2D eigenvalue weighted by Gasteiger charge is -2.10. The molecule has 0 saturated heterocycles. The predicted octanol–water partition coefficient (Wildman–Crippen LogP) is 6.13. The summed E-state index contributed by atoms with van der Waals surface area (Å²) in [7, 11) is 0. The van der Waals surface area contributed by atoms with Crippen LogP contribution in [-0.2, 0) is 0 Å². The van der Waals surface area contributed by atoms with Crippen molar-refractivity contribution >= 4 is 52.1 Å². The SMILES string of the molecule is O=C(N/N=C\c1c(OC(=O)c2ccc(Cl)cc2)ccc2ccccc12)c1cccc(Cl)c1. The van der Waals surface area contributed by atoms with Crippen LogP contribution in [0.25, 0.3) is 10.8 Å². The van der Waals surface area contributed by atoms with Gasteiger partial charge in [-0.25, -0.2) is 10.2 Å². The maximum atomic E-state index is 12.6. The van der Waals surface area contributed by atoms with Gasteiger partial charge in [-0.3, -0.25) is 4.79 Å². The fourth-order valence-electron chi connectivity index (χ4n) is 3.09. The minimum Gasteiger partial charge on any atom is -0.422 e. The Kier molecular flexibility index (Phi) is 6.50. The van der Waals surface area contributed by atoms with E-state index in [-0.39, 0.29) is 0 Å². The van der Waals surface area contributed by atoms with E-state index in [1.165, 1.54) is 6.21 Å². The molecule has 1 amide bonds. The fraction of sp³-hybridized carbons (Fsp3) is 0. The second-order valence-electron chi connectivity index (χ2n) is 6.80. The third-order valence-electron chi connectivity index (χ3n) is 4.66. The van der Waals surface area contributed by atoms with Crippen molar-refractivity contribution < 1.29 is 14.3 Å². The summed E-state index contributed by atoms with van der Waals surface area (Å²) in [4.78, 5) is 25.0. The molecule has 0 unspecified atom stereocenters. The van der Waals surface area contributed by atoms with Gasteiger partial charge < -0.3 is 4.74 Å². The number of rotatable bonds is 5. The summed E-state index contributed by atoms with van der Waals surface area (Å²) < 4.78 is 5.63. The van der Waals surface area contributed by atoms with Gasteiger partial charge in [0.2, 0.25) is 0 Å². The fourth-order valence-corrected chi connectivity index (χ4v) is 3.41. The van der Waals surface area contributed by atoms with Crippen LogP contribution in [0, 0.1) is 0 Å². The van der Waals surface area contributed by atoms with Gasteiger partial charge in [-0.05, 0) is 59.3 Å². The predicted molar refractivity (Wildman–Crippen MR) is 127 cm³/mol. The zero-order chi connectivity index (χ0) is 22.5. The lowest BCUT2D eigenvalue weighted by atomic mass is 10.0. The van der Waals surface area contributed by atoms with E-state index >= 15 is 0 Å². The van der Waals surface area contributed by atoms with Crippen LogP contribution < -0.4 is 10.2 Å². The van der Waals surface area contributed by atoms with Gasteiger partial charge in [0.1, 0.15) is 5.75 Å². The Morgan fingerprint density at radius 3 is 2.38 bits per heavy atom. The average Bonchev–Trinajstić information content (AvgIpc) is 2.80. The van der Waals surface area contributed by atoms with Crippen LogP contribution in [0.3, 0.4) is 0 Å². The van der Waals surface area contributed by atoms with E-state index in [4.69, 9.17) is 27.9 Å². The molecule has 0 bridgehead atoms. The van der Waals surface area contributed by atoms with Crippen LogP contribution in [0.1, 0.15) is 26.3 Å². The first kappa shape index (κ1) is 21.6. The van der Waals surface area contributed by atoms with E-state index in [1.807, 2.05) is 30.3 Å². The number of nitrogens with zero attached hydrogens (tertiary/aromatic N) is 1. The smallest absolute Gasteiger partial charge is 0.343 e. The van der Waals surface area contributed by atoms with Gasteiger partial charge in [0.15, 0.2) is 0 Å². The van der Waals surface area contributed by atoms with Crippen molar-refractivity contribution in [3.63, 3.8) is 0 Å². The first-order valence-electron chi connectivity index (χ1n) is 9.60. The highest BCUT2D eigenvalue weighted by molar-refractivity contribution is 6.31. The van der Waals surface area contributed by atoms with Gasteiger partial charge in [0, 0.05) is 21.2 Å². The van der Waals surface area contributed by atoms with E-state index in [1.54, 1.807) is 54.6 Å². The molecule has 4 aromatic rings. The summed E-state index contributed by atoms with van der Waals surface area (Å²) >= 11 is 11.8. The first-order valence-corrected chi connectivity index (χ1v) is 10.4. The number of fused-ring (bicyclic) bond motifs is 1. The minimum absolute atomic E-state index is 0.310. The Hall–Kier alpha value is -3.67. The number of halogens is 2. The first-order chi connectivity index (χ1) is 15.5. The van der Waals surface area contributed by atoms with Gasteiger partial charge in [-0.15, -0.1) is 0 Å². The number of amides is 1. The molecule has 4 aromatic carbocycles. The largest absolute Gasteiger partial charge is 0.422 e. The van der Waals surface area contributed by atoms with Crippen molar-refractivity contribution in [3.05, 3.63) is 112 Å². The third-order valence-corrected chi connectivity index (χ3v) is 5.15. The van der Waals surface area contributed by atoms with Crippen molar-refractivity contribution in [2.24, 2.45) is 5.10 Å². The number of carbonyl (C=O) groups excluding carboxylic acids is 2. The van der Waals surface area contributed by atoms with Gasteiger partial charge in [0.05, 0.1) is 11.8 Å². The topological polar surface area (TPSA) is 67.8 Å². The molecule has 0 aliphatic rings. The third kappa shape index (κ3) is 4.97. The molecule has 0 radical (unpaired) electrons. The molecule has 0 spiro atoms. The second-order valence-corrected chi connectivity index (χ2v) is 7.68. The van der Waals surface area contributed by atoms with Crippen molar-refractivity contribution in [2.45, 2.75) is 0 Å². The number of nitrogens with one attached hydrogen (secondary N) is 1. The summed E-state index contributed by atoms with van der Waals surface area (Å²) in [5.74, 6) is -0.636. The van der Waals surface area contributed by atoms with Crippen LogP contribution in [0.5, 0.6) is 5.75 Å². The molecule has 0 aliphatic carbocycles. The summed E-state index contributed by atoms with van der Waals surface area (Å²) in [6, 6.07) is 24.1. The maximum Gasteiger partial charge on any atom is 0.343 e. The highest BCUT2D eigenvalue weighted by Crippen LogP contribution is 2.27. The molecule has 0 atom stereocenters. The van der Waals surface area contributed by atoms with Crippen molar-refractivity contribution in [3.8, 4) is 5.75 Å². The van der Waals surface area contributed by atoms with Crippen LogP contribution >= 0.6 is 23.2 Å². The number of hydrogen-bond acceptors (Lipinski definition) is 4. The summed E-state index contributed by atoms with van der Waals surface area (Å²) in [6.07, 6.45) is 1.45. The number of esters is 1. The van der Waals surface area contributed by atoms with Crippen LogP contribution in [0.15, 0.2) is 90.0 Å². The maximum absolute atomic E-state index is 12.6. The number of benzene rings is 4. The molecule has 5 nitrogen and oxygen atoms in total. The number of hydrazone groups is 1. The lowest BCUT2D eigenvalue weighted by molar-refractivity contribution is 0.0734. The highest BCUT2D eigenvalue weighted by atomic mass is 35.5. The van der Waals surface area contributed by atoms with Crippen molar-refractivity contribution in [1.82, 2.24) is 5.43 Å². The Morgan fingerprint density at radius 2 is 1.59 bits per heavy atom. The van der Waals surface area contributed by atoms with Gasteiger partial charge in [-0.2, -0.15) is 5.10 Å². The Bertz CT molecular complexity index is 1330. The molecule has 0 fully saturated rings. The number of ether oxygens (including phenoxy) is 1. The summed E-state index contributed by atoms with van der Waals surface area (Å²) in [5.41, 5.74) is 3.76. The molecule has 0 heterocycles.